The number of Topliss-reactive ketones (excluding diaryl/α,β-unsaturated/α-hetero) is 1. The van der Waals surface area contributed by atoms with Gasteiger partial charge in [0.2, 0.25) is 0 Å². The number of fused-ring (bicyclic) bond motifs is 1. The average molecular weight is 226 g/mol. The number of carbonyl (C=O) groups excluding carboxylic acids is 1. The van der Waals surface area contributed by atoms with Crippen molar-refractivity contribution in [1.29, 1.82) is 0 Å². The second-order valence-electron chi connectivity index (χ2n) is 3.01. The molecule has 0 radical (unpaired) electrons. The van der Waals surface area contributed by atoms with E-state index >= 15 is 0 Å². The Balaban J connectivity index is 2.72. The lowest BCUT2D eigenvalue weighted by molar-refractivity contribution is 0.0994. The van der Waals surface area contributed by atoms with Gasteiger partial charge in [-0.3, -0.25) is 4.79 Å². The number of halogens is 1. The molecule has 62 valence electrons. The number of nitrogens with zero attached hydrogens (tertiary/aromatic N) is 1. The summed E-state index contributed by atoms with van der Waals surface area (Å²) in [6, 6.07) is 0. The molecule has 1 aromatic heterocycles. The van der Waals surface area contributed by atoms with Crippen molar-refractivity contribution in [3.05, 3.63) is 27.5 Å². The van der Waals surface area contributed by atoms with Crippen molar-refractivity contribution in [2.24, 2.45) is 0 Å². The van der Waals surface area contributed by atoms with Crippen molar-refractivity contribution in [2.45, 2.75) is 19.8 Å². The summed E-state index contributed by atoms with van der Waals surface area (Å²) in [5, 5.41) is 0. The Bertz CT molecular complexity index is 360. The third-order valence-electron chi connectivity index (χ3n) is 2.20. The molecule has 0 bridgehead atoms. The second-order valence-corrected chi connectivity index (χ2v) is 3.76. The van der Waals surface area contributed by atoms with Crippen molar-refractivity contribution in [3.63, 3.8) is 0 Å². The molecule has 1 aliphatic carbocycles. The van der Waals surface area contributed by atoms with Crippen molar-refractivity contribution in [2.75, 3.05) is 0 Å². The minimum absolute atomic E-state index is 0.255. The molecule has 0 spiro atoms. The number of aromatic nitrogens is 1. The van der Waals surface area contributed by atoms with Gasteiger partial charge in [0, 0.05) is 18.2 Å². The van der Waals surface area contributed by atoms with Crippen molar-refractivity contribution < 1.29 is 4.79 Å². The van der Waals surface area contributed by atoms with E-state index in [0.717, 1.165) is 27.7 Å². The topological polar surface area (TPSA) is 30.0 Å². The summed E-state index contributed by atoms with van der Waals surface area (Å²) in [5.74, 6) is 0.255. The Kier molecular flexibility index (Phi) is 1.76. The van der Waals surface area contributed by atoms with Crippen LogP contribution in [0.4, 0.5) is 0 Å². The molecule has 3 heteroatoms. The second kappa shape index (κ2) is 2.66. The van der Waals surface area contributed by atoms with Gasteiger partial charge in [-0.1, -0.05) is 0 Å². The zero-order valence-electron chi connectivity index (χ0n) is 6.72. The van der Waals surface area contributed by atoms with Crippen molar-refractivity contribution >= 4 is 21.7 Å². The van der Waals surface area contributed by atoms with Gasteiger partial charge in [0.1, 0.15) is 4.60 Å². The largest absolute Gasteiger partial charge is 0.294 e. The van der Waals surface area contributed by atoms with Gasteiger partial charge >= 0.3 is 0 Å². The molecule has 0 aromatic carbocycles. The number of hydrogen-bond acceptors (Lipinski definition) is 2. The van der Waals surface area contributed by atoms with E-state index in [1.54, 1.807) is 6.20 Å². The first-order chi connectivity index (χ1) is 5.70. The highest BCUT2D eigenvalue weighted by molar-refractivity contribution is 9.10. The van der Waals surface area contributed by atoms with E-state index in [1.165, 1.54) is 0 Å². The first kappa shape index (κ1) is 7.92. The molecule has 1 heterocycles. The summed E-state index contributed by atoms with van der Waals surface area (Å²) in [6.07, 6.45) is 3.22. The van der Waals surface area contributed by atoms with Gasteiger partial charge in [-0.15, -0.1) is 0 Å². The summed E-state index contributed by atoms with van der Waals surface area (Å²) in [4.78, 5) is 15.5. The molecule has 0 amide bonds. The van der Waals surface area contributed by atoms with Crippen molar-refractivity contribution in [1.82, 2.24) is 4.98 Å². The summed E-state index contributed by atoms with van der Waals surface area (Å²) in [7, 11) is 0. The maximum absolute atomic E-state index is 11.4. The lowest BCUT2D eigenvalue weighted by Gasteiger charge is -2.02. The van der Waals surface area contributed by atoms with Crippen LogP contribution >= 0.6 is 15.9 Å². The molecule has 0 saturated heterocycles. The molecule has 1 aromatic rings. The lowest BCUT2D eigenvalue weighted by Crippen LogP contribution is -1.97. The van der Waals surface area contributed by atoms with E-state index in [0.29, 0.717) is 6.42 Å². The molecular formula is C9H8BrNO. The molecule has 0 fully saturated rings. The highest BCUT2D eigenvalue weighted by Gasteiger charge is 2.23. The van der Waals surface area contributed by atoms with Crippen LogP contribution in [0.15, 0.2) is 10.8 Å². The number of rotatable bonds is 0. The summed E-state index contributed by atoms with van der Waals surface area (Å²) < 4.78 is 0.828. The normalized spacial score (nSPS) is 15.0. The Morgan fingerprint density at radius 1 is 1.50 bits per heavy atom. The van der Waals surface area contributed by atoms with E-state index in [9.17, 15) is 4.79 Å². The van der Waals surface area contributed by atoms with Crippen LogP contribution in [0.5, 0.6) is 0 Å². The Labute approximate surface area is 79.1 Å². The Morgan fingerprint density at radius 2 is 2.25 bits per heavy atom. The predicted octanol–water partition coefficient (Wildman–Crippen LogP) is 2.28. The van der Waals surface area contributed by atoms with Crippen LogP contribution in [-0.4, -0.2) is 10.8 Å². The fourth-order valence-electron chi connectivity index (χ4n) is 1.62. The number of aryl methyl sites for hydroxylation is 1. The van der Waals surface area contributed by atoms with E-state index in [2.05, 4.69) is 20.9 Å². The average Bonchev–Trinajstić information content (AvgIpc) is 2.42. The SMILES string of the molecule is Cc1cnc(Br)c2c1C(=O)CC2. The van der Waals surface area contributed by atoms with Crippen LogP contribution in [0.3, 0.4) is 0 Å². The molecule has 0 atom stereocenters. The summed E-state index contributed by atoms with van der Waals surface area (Å²) in [5.41, 5.74) is 2.97. The molecule has 2 nitrogen and oxygen atoms in total. The van der Waals surface area contributed by atoms with Gasteiger partial charge in [-0.2, -0.15) is 0 Å². The Morgan fingerprint density at radius 3 is 2.92 bits per heavy atom. The minimum atomic E-state index is 0.255. The van der Waals surface area contributed by atoms with Crippen LogP contribution in [0.25, 0.3) is 0 Å². The van der Waals surface area contributed by atoms with Gasteiger partial charge in [0.15, 0.2) is 5.78 Å². The van der Waals surface area contributed by atoms with Gasteiger partial charge in [0.25, 0.3) is 0 Å². The van der Waals surface area contributed by atoms with Gasteiger partial charge < -0.3 is 0 Å². The predicted molar refractivity (Wildman–Crippen MR) is 49.3 cm³/mol. The van der Waals surface area contributed by atoms with Crippen LogP contribution in [0.1, 0.15) is 27.9 Å². The van der Waals surface area contributed by atoms with Crippen LogP contribution in [0, 0.1) is 6.92 Å². The fraction of sp³-hybridized carbons (Fsp3) is 0.333. The highest BCUT2D eigenvalue weighted by Crippen LogP contribution is 2.29. The zero-order valence-corrected chi connectivity index (χ0v) is 8.31. The first-order valence-electron chi connectivity index (χ1n) is 3.87. The third kappa shape index (κ3) is 1.00. The Hall–Kier alpha value is -0.700. The molecular weight excluding hydrogens is 218 g/mol. The van der Waals surface area contributed by atoms with Crippen LogP contribution in [-0.2, 0) is 6.42 Å². The number of ketones is 1. The first-order valence-corrected chi connectivity index (χ1v) is 4.66. The maximum atomic E-state index is 11.4. The number of pyridine rings is 1. The van der Waals surface area contributed by atoms with E-state index in [4.69, 9.17) is 0 Å². The molecule has 0 unspecified atom stereocenters. The molecule has 0 saturated carbocycles. The third-order valence-corrected chi connectivity index (χ3v) is 2.88. The monoisotopic (exact) mass is 225 g/mol. The van der Waals surface area contributed by atoms with E-state index in [1.807, 2.05) is 6.92 Å². The van der Waals surface area contributed by atoms with Crippen LogP contribution in [0.2, 0.25) is 0 Å². The van der Waals surface area contributed by atoms with Gasteiger partial charge in [0.05, 0.1) is 0 Å². The molecule has 0 N–H and O–H groups in total. The van der Waals surface area contributed by atoms with Crippen molar-refractivity contribution in [3.8, 4) is 0 Å². The summed E-state index contributed by atoms with van der Waals surface area (Å²) in [6.45, 7) is 1.93. The molecule has 2 rings (SSSR count). The number of hydrogen-bond donors (Lipinski definition) is 0. The van der Waals surface area contributed by atoms with Gasteiger partial charge in [-0.25, -0.2) is 4.98 Å². The maximum Gasteiger partial charge on any atom is 0.163 e. The zero-order chi connectivity index (χ0) is 8.72. The molecule has 0 aliphatic heterocycles. The number of carbonyl (C=O) groups is 1. The minimum Gasteiger partial charge on any atom is -0.294 e. The lowest BCUT2D eigenvalue weighted by atomic mass is 10.1. The quantitative estimate of drug-likeness (QED) is 0.635. The standard InChI is InChI=1S/C9H8BrNO/c1-5-4-11-9(10)6-2-3-7(12)8(5)6/h4H,2-3H2,1H3. The molecule has 12 heavy (non-hydrogen) atoms. The summed E-state index contributed by atoms with van der Waals surface area (Å²) >= 11 is 3.35. The fourth-order valence-corrected chi connectivity index (χ4v) is 2.12. The van der Waals surface area contributed by atoms with Crippen LogP contribution < -0.4 is 0 Å². The van der Waals surface area contributed by atoms with E-state index < -0.39 is 0 Å². The van der Waals surface area contributed by atoms with Gasteiger partial charge in [-0.05, 0) is 40.4 Å². The highest BCUT2D eigenvalue weighted by atomic mass is 79.9. The van der Waals surface area contributed by atoms with E-state index in [-0.39, 0.29) is 5.78 Å². The smallest absolute Gasteiger partial charge is 0.163 e. The molecule has 1 aliphatic rings.